The van der Waals surface area contributed by atoms with Crippen molar-refractivity contribution in [2.24, 2.45) is 56.7 Å². The number of hydrogen-bond acceptors (Lipinski definition) is 5. The van der Waals surface area contributed by atoms with Gasteiger partial charge in [-0.25, -0.2) is 4.79 Å². The summed E-state index contributed by atoms with van der Waals surface area (Å²) < 4.78 is 13.1. The molecule has 2 heterocycles. The van der Waals surface area contributed by atoms with Gasteiger partial charge < -0.3 is 24.6 Å². The lowest BCUT2D eigenvalue weighted by molar-refractivity contribution is -0.185. The smallest absolute Gasteiger partial charge is 0.410 e. The third-order valence-electron chi connectivity index (χ3n) is 15.2. The van der Waals surface area contributed by atoms with Crippen molar-refractivity contribution in [3.63, 3.8) is 0 Å². The van der Waals surface area contributed by atoms with Crippen molar-refractivity contribution in [1.82, 2.24) is 4.90 Å². The predicted octanol–water partition coefficient (Wildman–Crippen LogP) is 6.03. The van der Waals surface area contributed by atoms with Crippen LogP contribution in [0.1, 0.15) is 106 Å². The van der Waals surface area contributed by atoms with Gasteiger partial charge in [0, 0.05) is 18.5 Å². The van der Waals surface area contributed by atoms with Crippen LogP contribution in [0.25, 0.3) is 0 Å². The Hall–Kier alpha value is -0.850. The third kappa shape index (κ3) is 3.20. The lowest BCUT2D eigenvalue weighted by atomic mass is 9.41. The zero-order valence-electron chi connectivity index (χ0n) is 26.1. The molecule has 0 radical (unpaired) electrons. The molecule has 0 aromatic rings. The minimum absolute atomic E-state index is 0.0269. The van der Waals surface area contributed by atoms with Crippen LogP contribution in [-0.4, -0.2) is 64.8 Å². The lowest BCUT2D eigenvalue weighted by Crippen LogP contribution is -2.59. The van der Waals surface area contributed by atoms with E-state index in [2.05, 4.69) is 48.5 Å². The number of fused-ring (bicyclic) bond motifs is 4. The van der Waals surface area contributed by atoms with Crippen LogP contribution in [0.5, 0.6) is 0 Å². The van der Waals surface area contributed by atoms with Crippen LogP contribution >= 0.6 is 0 Å². The predicted molar refractivity (Wildman–Crippen MR) is 153 cm³/mol. The van der Waals surface area contributed by atoms with Crippen LogP contribution in [0.4, 0.5) is 4.79 Å². The zero-order chi connectivity index (χ0) is 28.6. The first-order valence-corrected chi connectivity index (χ1v) is 16.7. The molecule has 2 N–H and O–H groups in total. The fourth-order valence-electron chi connectivity index (χ4n) is 12.9. The first kappa shape index (κ1) is 28.0. The Kier molecular flexibility index (Phi) is 6.02. The van der Waals surface area contributed by atoms with E-state index in [9.17, 15) is 15.0 Å². The summed E-state index contributed by atoms with van der Waals surface area (Å²) in [5, 5.41) is 23.4. The highest BCUT2D eigenvalue weighted by atomic mass is 16.6. The van der Waals surface area contributed by atoms with Gasteiger partial charge in [0.05, 0.1) is 24.4 Å². The van der Waals surface area contributed by atoms with E-state index in [1.54, 1.807) is 4.90 Å². The summed E-state index contributed by atoms with van der Waals surface area (Å²) in [6.45, 7) is 17.8. The molecule has 226 valence electrons. The number of amides is 1. The molecule has 7 aliphatic rings. The summed E-state index contributed by atoms with van der Waals surface area (Å²) in [5.74, 6) is 1.96. The summed E-state index contributed by atoms with van der Waals surface area (Å²) in [5.41, 5.74) is 0.464. The molecule has 0 aromatic heterocycles. The van der Waals surface area contributed by atoms with E-state index >= 15 is 0 Å². The molecule has 6 heteroatoms. The number of aliphatic hydroxyl groups excluding tert-OH is 2. The molecule has 1 amide bonds. The Labute approximate surface area is 241 Å². The second kappa shape index (κ2) is 8.62. The maximum atomic E-state index is 12.8. The standard InChI is InChI=1S/C34H55NO5/c1-19(2)26(40-29(38)35-15-8-16-35)21-17-20(3)25-27(39-21)28(37)32(7)23-10-9-22-30(4,5)24(36)11-12-33(22)18-34(23,33)14-13-31(25,32)6/h19-28,36-37H,8-18H2,1-7H3/t20-,21-,22+,23+,24+,25+,26?,27+,28+,31-,32-,33-,34+/m1/s1. The highest BCUT2D eigenvalue weighted by Crippen LogP contribution is 2.89. The minimum Gasteiger partial charge on any atom is -0.443 e. The van der Waals surface area contributed by atoms with Gasteiger partial charge >= 0.3 is 6.09 Å². The summed E-state index contributed by atoms with van der Waals surface area (Å²) in [7, 11) is 0. The van der Waals surface area contributed by atoms with Gasteiger partial charge in [-0.1, -0.05) is 48.5 Å². The van der Waals surface area contributed by atoms with E-state index in [1.165, 1.54) is 19.3 Å². The quantitative estimate of drug-likeness (QED) is 0.443. The topological polar surface area (TPSA) is 79.2 Å². The van der Waals surface area contributed by atoms with Crippen molar-refractivity contribution in [2.75, 3.05) is 13.1 Å². The number of aliphatic hydroxyl groups is 2. The van der Waals surface area contributed by atoms with Gasteiger partial charge in [-0.05, 0) is 109 Å². The fraction of sp³-hybridized carbons (Fsp3) is 0.971. The zero-order valence-corrected chi connectivity index (χ0v) is 26.1. The van der Waals surface area contributed by atoms with Gasteiger partial charge in [0.1, 0.15) is 6.10 Å². The van der Waals surface area contributed by atoms with Gasteiger partial charge in [-0.3, -0.25) is 0 Å². The van der Waals surface area contributed by atoms with Crippen molar-refractivity contribution in [3.05, 3.63) is 0 Å². The third-order valence-corrected chi connectivity index (χ3v) is 15.2. The number of likely N-dealkylation sites (tertiary alicyclic amines) is 1. The van der Waals surface area contributed by atoms with Crippen molar-refractivity contribution in [2.45, 2.75) is 137 Å². The van der Waals surface area contributed by atoms with Crippen LogP contribution in [0.15, 0.2) is 0 Å². The molecule has 6 nitrogen and oxygen atoms in total. The Morgan fingerprint density at radius 1 is 0.975 bits per heavy atom. The van der Waals surface area contributed by atoms with E-state index in [0.717, 1.165) is 51.6 Å². The number of rotatable bonds is 3. The van der Waals surface area contributed by atoms with Crippen molar-refractivity contribution in [1.29, 1.82) is 0 Å². The minimum atomic E-state index is -0.509. The molecule has 5 saturated carbocycles. The largest absolute Gasteiger partial charge is 0.443 e. The van der Waals surface area contributed by atoms with E-state index < -0.39 is 6.10 Å². The van der Waals surface area contributed by atoms with E-state index in [4.69, 9.17) is 9.47 Å². The van der Waals surface area contributed by atoms with Crippen LogP contribution < -0.4 is 0 Å². The second-order valence-electron chi connectivity index (χ2n) is 17.0. The summed E-state index contributed by atoms with van der Waals surface area (Å²) in [6.07, 6.45) is 8.46. The Morgan fingerprint density at radius 2 is 1.65 bits per heavy atom. The molecular formula is C34H55NO5. The number of carbonyl (C=O) groups excluding carboxylic acids is 1. The van der Waals surface area contributed by atoms with Gasteiger partial charge in [-0.2, -0.15) is 0 Å². The molecule has 2 aliphatic heterocycles. The van der Waals surface area contributed by atoms with Crippen molar-refractivity contribution < 1.29 is 24.5 Å². The Morgan fingerprint density at radius 3 is 2.30 bits per heavy atom. The first-order valence-electron chi connectivity index (χ1n) is 16.7. The molecule has 7 fully saturated rings. The maximum Gasteiger partial charge on any atom is 0.410 e. The number of nitrogens with zero attached hydrogens (tertiary/aromatic N) is 1. The average Bonchev–Trinajstić information content (AvgIpc) is 3.48. The van der Waals surface area contributed by atoms with Crippen LogP contribution in [-0.2, 0) is 9.47 Å². The van der Waals surface area contributed by atoms with Gasteiger partial charge in [-0.15, -0.1) is 0 Å². The number of carbonyl (C=O) groups is 1. The van der Waals surface area contributed by atoms with Crippen LogP contribution in [0.3, 0.4) is 0 Å². The summed E-state index contributed by atoms with van der Waals surface area (Å²) >= 11 is 0. The molecule has 2 saturated heterocycles. The van der Waals surface area contributed by atoms with Gasteiger partial charge in [0.2, 0.25) is 0 Å². The highest BCUT2D eigenvalue weighted by Gasteiger charge is 2.84. The van der Waals surface area contributed by atoms with Crippen molar-refractivity contribution >= 4 is 6.09 Å². The molecule has 5 aliphatic carbocycles. The van der Waals surface area contributed by atoms with Crippen LogP contribution in [0, 0.1) is 56.7 Å². The Bertz CT molecular complexity index is 1060. The highest BCUT2D eigenvalue weighted by molar-refractivity contribution is 5.68. The summed E-state index contributed by atoms with van der Waals surface area (Å²) in [4.78, 5) is 14.6. The maximum absolute atomic E-state index is 12.8. The number of ether oxygens (including phenoxy) is 2. The second-order valence-corrected chi connectivity index (χ2v) is 17.0. The van der Waals surface area contributed by atoms with Crippen LogP contribution in [0.2, 0.25) is 0 Å². The van der Waals surface area contributed by atoms with Gasteiger partial charge in [0.15, 0.2) is 0 Å². The SMILES string of the molecule is CC(C)C(OC(=O)N1CCC1)[C@H]1C[C@@H](C)[C@H]2[C@H](O1)[C@H](O)[C@@]1(C)[C@@H]3CC[C@H]4C(C)(C)[C@@H](O)CC[C@@]45C[C@@]35CC[C@]21C. The van der Waals surface area contributed by atoms with E-state index in [0.29, 0.717) is 34.5 Å². The fourth-order valence-corrected chi connectivity index (χ4v) is 12.9. The monoisotopic (exact) mass is 557 g/mol. The van der Waals surface area contributed by atoms with Crippen molar-refractivity contribution in [3.8, 4) is 0 Å². The lowest BCUT2D eigenvalue weighted by Gasteiger charge is -2.63. The Balaban J connectivity index is 1.18. The molecule has 7 rings (SSSR count). The first-order chi connectivity index (χ1) is 18.7. The normalized spacial score (nSPS) is 54.7. The molecule has 13 atom stereocenters. The number of hydrogen-bond donors (Lipinski definition) is 2. The molecule has 0 aromatic carbocycles. The molecule has 2 spiro atoms. The molecular weight excluding hydrogens is 502 g/mol. The van der Waals surface area contributed by atoms with Gasteiger partial charge in [0.25, 0.3) is 0 Å². The molecule has 1 unspecified atom stereocenters. The molecule has 40 heavy (non-hydrogen) atoms. The van der Waals surface area contributed by atoms with E-state index in [1.807, 2.05) is 0 Å². The summed E-state index contributed by atoms with van der Waals surface area (Å²) in [6, 6.07) is 0. The average molecular weight is 558 g/mol. The molecule has 0 bridgehead atoms. The van der Waals surface area contributed by atoms with E-state index in [-0.39, 0.29) is 52.7 Å².